The summed E-state index contributed by atoms with van der Waals surface area (Å²) in [4.78, 5) is 2.33. The summed E-state index contributed by atoms with van der Waals surface area (Å²) in [6.45, 7) is 13.2. The van der Waals surface area contributed by atoms with E-state index in [1.54, 1.807) is 0 Å². The monoisotopic (exact) mass is 184 g/mol. The fraction of sp³-hybridized carbons (Fsp3) is 0.818. The van der Waals surface area contributed by atoms with Crippen molar-refractivity contribution >= 4 is 0 Å². The minimum atomic E-state index is -0.0149. The maximum absolute atomic E-state index is 6.23. The Morgan fingerprint density at radius 1 is 1.31 bits per heavy atom. The van der Waals surface area contributed by atoms with Gasteiger partial charge in [0.2, 0.25) is 0 Å². The molecule has 0 aliphatic rings. The van der Waals surface area contributed by atoms with Crippen LogP contribution in [0.1, 0.15) is 33.6 Å². The first kappa shape index (κ1) is 12.7. The highest BCUT2D eigenvalue weighted by molar-refractivity contribution is 4.86. The van der Waals surface area contributed by atoms with E-state index < -0.39 is 0 Å². The molecule has 0 aromatic heterocycles. The zero-order chi connectivity index (χ0) is 10.3. The van der Waals surface area contributed by atoms with Crippen LogP contribution in [0.2, 0.25) is 0 Å². The molecule has 2 nitrogen and oxygen atoms in total. The zero-order valence-electron chi connectivity index (χ0n) is 9.34. The first-order chi connectivity index (χ1) is 6.11. The number of nitrogens with two attached hydrogens (primary N) is 1. The van der Waals surface area contributed by atoms with Gasteiger partial charge in [-0.05, 0) is 19.4 Å². The lowest BCUT2D eigenvalue weighted by Crippen LogP contribution is -2.49. The molecule has 0 fully saturated rings. The summed E-state index contributed by atoms with van der Waals surface area (Å²) in [5.74, 6) is 0. The number of hydrogen-bond acceptors (Lipinski definition) is 2. The average Bonchev–Trinajstić information content (AvgIpc) is 2.17. The SMILES string of the molecule is C=CCN(CC)CC(N)(CC)CC. The van der Waals surface area contributed by atoms with Crippen molar-refractivity contribution in [3.8, 4) is 0 Å². The van der Waals surface area contributed by atoms with E-state index in [0.29, 0.717) is 0 Å². The standard InChI is InChI=1S/C11H24N2/c1-5-9-13(8-4)10-11(12,6-2)7-3/h5H,1,6-10,12H2,2-4H3. The van der Waals surface area contributed by atoms with Crippen molar-refractivity contribution in [3.05, 3.63) is 12.7 Å². The summed E-state index contributed by atoms with van der Waals surface area (Å²) in [5.41, 5.74) is 6.21. The Hall–Kier alpha value is -0.340. The van der Waals surface area contributed by atoms with Gasteiger partial charge in [0, 0.05) is 18.6 Å². The van der Waals surface area contributed by atoms with Crippen LogP contribution in [0.4, 0.5) is 0 Å². The van der Waals surface area contributed by atoms with Gasteiger partial charge in [-0.25, -0.2) is 0 Å². The van der Waals surface area contributed by atoms with E-state index in [1.165, 1.54) is 0 Å². The summed E-state index contributed by atoms with van der Waals surface area (Å²) < 4.78 is 0. The Morgan fingerprint density at radius 3 is 2.15 bits per heavy atom. The van der Waals surface area contributed by atoms with Crippen molar-refractivity contribution in [2.75, 3.05) is 19.6 Å². The van der Waals surface area contributed by atoms with Gasteiger partial charge < -0.3 is 5.73 Å². The highest BCUT2D eigenvalue weighted by Crippen LogP contribution is 2.12. The molecule has 13 heavy (non-hydrogen) atoms. The van der Waals surface area contributed by atoms with Crippen LogP contribution in [0.15, 0.2) is 12.7 Å². The molecule has 0 aliphatic heterocycles. The molecule has 0 saturated heterocycles. The molecule has 0 unspecified atom stereocenters. The van der Waals surface area contributed by atoms with Crippen LogP contribution in [-0.2, 0) is 0 Å². The van der Waals surface area contributed by atoms with E-state index in [-0.39, 0.29) is 5.54 Å². The predicted molar refractivity (Wildman–Crippen MR) is 59.8 cm³/mol. The van der Waals surface area contributed by atoms with Crippen molar-refractivity contribution < 1.29 is 0 Å². The fourth-order valence-electron chi connectivity index (χ4n) is 1.41. The molecule has 0 heterocycles. The van der Waals surface area contributed by atoms with Crippen LogP contribution < -0.4 is 5.73 Å². The minimum Gasteiger partial charge on any atom is -0.324 e. The zero-order valence-corrected chi connectivity index (χ0v) is 9.34. The fourth-order valence-corrected chi connectivity index (χ4v) is 1.41. The Kier molecular flexibility index (Phi) is 6.00. The predicted octanol–water partition coefficient (Wildman–Crippen LogP) is 2.01. The van der Waals surface area contributed by atoms with Crippen molar-refractivity contribution in [1.29, 1.82) is 0 Å². The lowest BCUT2D eigenvalue weighted by molar-refractivity contribution is 0.224. The molecule has 0 aromatic rings. The molecule has 0 amide bonds. The molecule has 0 atom stereocenters. The average molecular weight is 184 g/mol. The number of likely N-dealkylation sites (N-methyl/N-ethyl adjacent to an activating group) is 1. The highest BCUT2D eigenvalue weighted by atomic mass is 15.1. The van der Waals surface area contributed by atoms with Crippen molar-refractivity contribution in [2.45, 2.75) is 39.2 Å². The van der Waals surface area contributed by atoms with Gasteiger partial charge in [0.25, 0.3) is 0 Å². The van der Waals surface area contributed by atoms with Gasteiger partial charge in [-0.1, -0.05) is 26.8 Å². The van der Waals surface area contributed by atoms with Crippen molar-refractivity contribution in [1.82, 2.24) is 4.90 Å². The van der Waals surface area contributed by atoms with Crippen LogP contribution in [0.5, 0.6) is 0 Å². The lowest BCUT2D eigenvalue weighted by atomic mass is 9.93. The van der Waals surface area contributed by atoms with Crippen molar-refractivity contribution in [2.24, 2.45) is 5.73 Å². The highest BCUT2D eigenvalue weighted by Gasteiger charge is 2.22. The van der Waals surface area contributed by atoms with E-state index in [0.717, 1.165) is 32.5 Å². The second-order valence-corrected chi connectivity index (χ2v) is 3.69. The maximum atomic E-state index is 6.23. The molecule has 0 bridgehead atoms. The van der Waals surface area contributed by atoms with Gasteiger partial charge in [-0.2, -0.15) is 0 Å². The molecule has 0 spiro atoms. The second-order valence-electron chi connectivity index (χ2n) is 3.69. The number of nitrogens with zero attached hydrogens (tertiary/aromatic N) is 1. The second kappa shape index (κ2) is 6.17. The quantitative estimate of drug-likeness (QED) is 0.613. The van der Waals surface area contributed by atoms with Gasteiger partial charge in [-0.15, -0.1) is 6.58 Å². The van der Waals surface area contributed by atoms with Gasteiger partial charge in [0.05, 0.1) is 0 Å². The van der Waals surface area contributed by atoms with Gasteiger partial charge >= 0.3 is 0 Å². The Balaban J connectivity index is 4.09. The van der Waals surface area contributed by atoms with Crippen LogP contribution >= 0.6 is 0 Å². The van der Waals surface area contributed by atoms with E-state index in [4.69, 9.17) is 5.73 Å². The van der Waals surface area contributed by atoms with Crippen LogP contribution in [-0.4, -0.2) is 30.1 Å². The van der Waals surface area contributed by atoms with Crippen molar-refractivity contribution in [3.63, 3.8) is 0 Å². The molecular weight excluding hydrogens is 160 g/mol. The summed E-state index contributed by atoms with van der Waals surface area (Å²) in [5, 5.41) is 0. The topological polar surface area (TPSA) is 29.3 Å². The van der Waals surface area contributed by atoms with Gasteiger partial charge in [0.15, 0.2) is 0 Å². The minimum absolute atomic E-state index is 0.0149. The van der Waals surface area contributed by atoms with E-state index in [9.17, 15) is 0 Å². The molecule has 2 N–H and O–H groups in total. The van der Waals surface area contributed by atoms with E-state index in [1.807, 2.05) is 6.08 Å². The summed E-state index contributed by atoms with van der Waals surface area (Å²) in [7, 11) is 0. The molecule has 0 saturated carbocycles. The van der Waals surface area contributed by atoms with Crippen LogP contribution in [0, 0.1) is 0 Å². The molecule has 0 rings (SSSR count). The third kappa shape index (κ3) is 4.44. The molecule has 0 aliphatic carbocycles. The number of hydrogen-bond donors (Lipinski definition) is 1. The first-order valence-corrected chi connectivity index (χ1v) is 5.24. The Bertz CT molecular complexity index is 139. The lowest BCUT2D eigenvalue weighted by Gasteiger charge is -2.32. The molecule has 78 valence electrons. The van der Waals surface area contributed by atoms with E-state index >= 15 is 0 Å². The van der Waals surface area contributed by atoms with Gasteiger partial charge in [-0.3, -0.25) is 4.90 Å². The molecular formula is C11H24N2. The third-order valence-corrected chi connectivity index (χ3v) is 2.78. The summed E-state index contributed by atoms with van der Waals surface area (Å²) in [6, 6.07) is 0. The normalized spacial score (nSPS) is 12.1. The first-order valence-electron chi connectivity index (χ1n) is 5.24. The summed E-state index contributed by atoms with van der Waals surface area (Å²) in [6.07, 6.45) is 4.02. The van der Waals surface area contributed by atoms with Gasteiger partial charge in [0.1, 0.15) is 0 Å². The van der Waals surface area contributed by atoms with E-state index in [2.05, 4.69) is 32.3 Å². The molecule has 2 heteroatoms. The Morgan fingerprint density at radius 2 is 1.85 bits per heavy atom. The Labute approximate surface area is 82.8 Å². The number of rotatable bonds is 7. The molecule has 0 radical (unpaired) electrons. The summed E-state index contributed by atoms with van der Waals surface area (Å²) >= 11 is 0. The third-order valence-electron chi connectivity index (χ3n) is 2.78. The molecule has 0 aromatic carbocycles. The smallest absolute Gasteiger partial charge is 0.0278 e. The van der Waals surface area contributed by atoms with Crippen LogP contribution in [0.25, 0.3) is 0 Å². The van der Waals surface area contributed by atoms with Crippen LogP contribution in [0.3, 0.4) is 0 Å². The largest absolute Gasteiger partial charge is 0.324 e. The maximum Gasteiger partial charge on any atom is 0.0278 e.